The summed E-state index contributed by atoms with van der Waals surface area (Å²) in [5.74, 6) is -0.201. The molecule has 0 saturated heterocycles. The molecule has 0 radical (unpaired) electrons. The minimum atomic E-state index is -3.66. The second-order valence-corrected chi connectivity index (χ2v) is 10.2. The van der Waals surface area contributed by atoms with Crippen molar-refractivity contribution < 1.29 is 17.5 Å². The van der Waals surface area contributed by atoms with Crippen LogP contribution < -0.4 is 0 Å². The molecule has 0 spiro atoms. The molecule has 166 valence electrons. The molecule has 0 aliphatic heterocycles. The smallest absolute Gasteiger partial charge is 0.264 e. The van der Waals surface area contributed by atoms with Gasteiger partial charge in [0.2, 0.25) is 0 Å². The van der Waals surface area contributed by atoms with E-state index in [1.807, 2.05) is 0 Å². The van der Waals surface area contributed by atoms with Crippen LogP contribution in [-0.2, 0) is 10.1 Å². The van der Waals surface area contributed by atoms with E-state index >= 15 is 0 Å². The molecule has 0 aliphatic carbocycles. The van der Waals surface area contributed by atoms with Gasteiger partial charge in [0.25, 0.3) is 10.1 Å². The fraction of sp³-hybridized carbons (Fsp3) is 1.00. The number of rotatable bonds is 17. The Bertz CT molecular complexity index is 394. The quantitative estimate of drug-likeness (QED) is 0.171. The Labute approximate surface area is 171 Å². The summed E-state index contributed by atoms with van der Waals surface area (Å²) in [4.78, 5) is 0. The fourth-order valence-corrected chi connectivity index (χ4v) is 2.89. The molecule has 0 rings (SSSR count). The molecular formula is C22H50NO3S+. The van der Waals surface area contributed by atoms with Crippen LogP contribution in [0.15, 0.2) is 0 Å². The highest BCUT2D eigenvalue weighted by Crippen LogP contribution is 2.13. The Morgan fingerprint density at radius 2 is 0.926 bits per heavy atom. The van der Waals surface area contributed by atoms with Crippen LogP contribution in [0.25, 0.3) is 0 Å². The van der Waals surface area contributed by atoms with Crippen LogP contribution in [0.2, 0.25) is 0 Å². The van der Waals surface area contributed by atoms with Gasteiger partial charge in [-0.25, -0.2) is 0 Å². The minimum Gasteiger partial charge on any atom is -0.329 e. The molecule has 0 heterocycles. The highest BCUT2D eigenvalue weighted by Gasteiger charge is 2.09. The summed E-state index contributed by atoms with van der Waals surface area (Å²) in [7, 11) is 1.04. The van der Waals surface area contributed by atoms with Crippen molar-refractivity contribution >= 4 is 10.1 Å². The van der Waals surface area contributed by atoms with E-state index in [0.717, 1.165) is 0 Å². The van der Waals surface area contributed by atoms with Crippen LogP contribution in [0.4, 0.5) is 0 Å². The molecule has 0 atom stereocenters. The highest BCUT2D eigenvalue weighted by atomic mass is 32.2. The number of quaternary nitrogens is 1. The summed E-state index contributed by atoms with van der Waals surface area (Å²) in [6.45, 7) is 8.58. The van der Waals surface area contributed by atoms with Gasteiger partial charge in [-0.1, -0.05) is 84.0 Å². The van der Waals surface area contributed by atoms with Crippen LogP contribution >= 0.6 is 0 Å². The normalized spacial score (nSPS) is 11.9. The Balaban J connectivity index is 0. The third kappa shape index (κ3) is 28.2. The summed E-state index contributed by atoms with van der Waals surface area (Å²) in [6.07, 6.45) is 20.4. The fourth-order valence-electron chi connectivity index (χ4n) is 2.89. The van der Waals surface area contributed by atoms with Crippen molar-refractivity contribution in [1.82, 2.24) is 0 Å². The minimum absolute atomic E-state index is 0.201. The van der Waals surface area contributed by atoms with Gasteiger partial charge >= 0.3 is 0 Å². The van der Waals surface area contributed by atoms with Gasteiger partial charge in [-0.15, -0.1) is 0 Å². The number of hydrogen-bond donors (Lipinski definition) is 1. The van der Waals surface area contributed by atoms with Gasteiger partial charge in [0.05, 0.1) is 32.9 Å². The zero-order chi connectivity index (χ0) is 21.0. The molecule has 0 aliphatic rings. The SMILES string of the molecule is CCCCCCCCCCCCCCCC[N+](C)(C)CC.CCS(=O)(=O)O. The third-order valence-corrected chi connectivity index (χ3v) is 6.07. The van der Waals surface area contributed by atoms with Gasteiger partial charge < -0.3 is 4.48 Å². The topological polar surface area (TPSA) is 54.4 Å². The van der Waals surface area contributed by atoms with Crippen molar-refractivity contribution in [2.45, 2.75) is 111 Å². The first-order chi connectivity index (χ1) is 12.7. The summed E-state index contributed by atoms with van der Waals surface area (Å²) in [5, 5.41) is 0. The Kier molecular flexibility index (Phi) is 20.7. The lowest BCUT2D eigenvalue weighted by Crippen LogP contribution is -2.39. The summed E-state index contributed by atoms with van der Waals surface area (Å²) in [6, 6.07) is 0. The van der Waals surface area contributed by atoms with E-state index in [-0.39, 0.29) is 5.75 Å². The van der Waals surface area contributed by atoms with Gasteiger partial charge in [-0.3, -0.25) is 4.55 Å². The molecule has 4 nitrogen and oxygen atoms in total. The van der Waals surface area contributed by atoms with Crippen molar-refractivity contribution in [3.8, 4) is 0 Å². The van der Waals surface area contributed by atoms with Crippen molar-refractivity contribution in [1.29, 1.82) is 0 Å². The molecule has 0 saturated carbocycles. The Hall–Kier alpha value is -0.130. The van der Waals surface area contributed by atoms with E-state index in [1.165, 1.54) is 114 Å². The second kappa shape index (κ2) is 19.2. The molecule has 0 fully saturated rings. The maximum absolute atomic E-state index is 9.56. The first-order valence-electron chi connectivity index (χ1n) is 11.5. The Morgan fingerprint density at radius 1 is 0.630 bits per heavy atom. The Morgan fingerprint density at radius 3 is 1.19 bits per heavy atom. The zero-order valence-corrected chi connectivity index (χ0v) is 20.0. The van der Waals surface area contributed by atoms with E-state index < -0.39 is 10.1 Å². The third-order valence-electron chi connectivity index (χ3n) is 5.34. The first-order valence-corrected chi connectivity index (χ1v) is 13.1. The van der Waals surface area contributed by atoms with Crippen molar-refractivity contribution in [3.63, 3.8) is 0 Å². The summed E-state index contributed by atoms with van der Waals surface area (Å²) < 4.78 is 28.1. The van der Waals surface area contributed by atoms with Gasteiger partial charge in [-0.05, 0) is 26.7 Å². The van der Waals surface area contributed by atoms with Crippen molar-refractivity contribution in [2.24, 2.45) is 0 Å². The van der Waals surface area contributed by atoms with Gasteiger partial charge in [0, 0.05) is 0 Å². The molecule has 0 aromatic carbocycles. The predicted molar refractivity (Wildman–Crippen MR) is 120 cm³/mol. The molecule has 0 aromatic heterocycles. The lowest BCUT2D eigenvalue weighted by molar-refractivity contribution is -0.888. The molecule has 0 amide bonds. The van der Waals surface area contributed by atoms with Crippen LogP contribution in [0.3, 0.4) is 0 Å². The second-order valence-electron chi connectivity index (χ2n) is 8.44. The van der Waals surface area contributed by atoms with Gasteiger partial charge in [0.1, 0.15) is 0 Å². The zero-order valence-electron chi connectivity index (χ0n) is 19.1. The maximum Gasteiger partial charge on any atom is 0.264 e. The molecule has 27 heavy (non-hydrogen) atoms. The van der Waals surface area contributed by atoms with Crippen molar-refractivity contribution in [3.05, 3.63) is 0 Å². The van der Waals surface area contributed by atoms with E-state index in [0.29, 0.717) is 0 Å². The van der Waals surface area contributed by atoms with Gasteiger partial charge in [-0.2, -0.15) is 8.42 Å². The average Bonchev–Trinajstić information content (AvgIpc) is 2.62. The molecule has 5 heteroatoms. The number of hydrogen-bond acceptors (Lipinski definition) is 2. The largest absolute Gasteiger partial charge is 0.329 e. The van der Waals surface area contributed by atoms with E-state index in [2.05, 4.69) is 27.9 Å². The molecular weight excluding hydrogens is 358 g/mol. The molecule has 0 unspecified atom stereocenters. The van der Waals surface area contributed by atoms with E-state index in [4.69, 9.17) is 4.55 Å². The average molecular weight is 409 g/mol. The van der Waals surface area contributed by atoms with Gasteiger partial charge in [0.15, 0.2) is 0 Å². The van der Waals surface area contributed by atoms with E-state index in [1.54, 1.807) is 0 Å². The van der Waals surface area contributed by atoms with Crippen LogP contribution in [0, 0.1) is 0 Å². The summed E-state index contributed by atoms with van der Waals surface area (Å²) in [5.41, 5.74) is 0. The molecule has 0 bridgehead atoms. The molecule has 1 N–H and O–H groups in total. The van der Waals surface area contributed by atoms with Crippen LogP contribution in [0.5, 0.6) is 0 Å². The first kappa shape index (κ1) is 29.1. The number of nitrogens with zero attached hydrogens (tertiary/aromatic N) is 1. The number of unbranched alkanes of at least 4 members (excludes halogenated alkanes) is 13. The lowest BCUT2D eigenvalue weighted by Gasteiger charge is -2.28. The highest BCUT2D eigenvalue weighted by molar-refractivity contribution is 7.85. The molecule has 0 aromatic rings. The maximum atomic E-state index is 9.56. The van der Waals surface area contributed by atoms with E-state index in [9.17, 15) is 8.42 Å². The lowest BCUT2D eigenvalue weighted by atomic mass is 10.0. The standard InChI is InChI=1S/C20H44N.C2H6O3S/c1-5-7-8-9-10-11-12-13-14-15-16-17-18-19-20-21(3,4)6-2;1-2-6(3,4)5/h5-20H2,1-4H3;2H2,1H3,(H,3,4,5)/q+1;. The monoisotopic (exact) mass is 408 g/mol. The predicted octanol–water partition coefficient (Wildman–Crippen LogP) is 6.46. The summed E-state index contributed by atoms with van der Waals surface area (Å²) >= 11 is 0. The van der Waals surface area contributed by atoms with Crippen LogP contribution in [-0.4, -0.2) is 50.4 Å². The van der Waals surface area contributed by atoms with Crippen LogP contribution in [0.1, 0.15) is 111 Å². The van der Waals surface area contributed by atoms with Crippen molar-refractivity contribution in [2.75, 3.05) is 32.9 Å².